The van der Waals surface area contributed by atoms with Crippen LogP contribution in [0, 0.1) is 0 Å². The van der Waals surface area contributed by atoms with E-state index in [2.05, 4.69) is 15.6 Å². The van der Waals surface area contributed by atoms with Crippen LogP contribution in [0.3, 0.4) is 0 Å². The molecular weight excluding hydrogens is 462 g/mol. The van der Waals surface area contributed by atoms with Gasteiger partial charge in [0.15, 0.2) is 5.13 Å². The molecule has 0 fully saturated rings. The summed E-state index contributed by atoms with van der Waals surface area (Å²) in [6.45, 7) is 1.44. The number of rotatable bonds is 6. The van der Waals surface area contributed by atoms with Crippen molar-refractivity contribution >= 4 is 44.2 Å². The minimum atomic E-state index is -0.306. The van der Waals surface area contributed by atoms with Gasteiger partial charge in [-0.15, -0.1) is 0 Å². The average molecular weight is 484 g/mol. The summed E-state index contributed by atoms with van der Waals surface area (Å²) >= 11 is 1.34. The number of nitrogens with zero attached hydrogens (tertiary/aromatic N) is 3. The van der Waals surface area contributed by atoms with Crippen LogP contribution in [0.5, 0.6) is 5.75 Å². The Labute approximate surface area is 205 Å². The number of benzene rings is 3. The zero-order chi connectivity index (χ0) is 24.4. The Balaban J connectivity index is 1.52. The molecule has 0 saturated carbocycles. The van der Waals surface area contributed by atoms with E-state index in [0.717, 1.165) is 15.9 Å². The molecule has 0 aliphatic carbocycles. The van der Waals surface area contributed by atoms with Crippen LogP contribution < -0.4 is 15.4 Å². The van der Waals surface area contributed by atoms with Crippen molar-refractivity contribution in [2.45, 2.75) is 6.92 Å². The first-order valence-electron chi connectivity index (χ1n) is 10.8. The molecule has 0 radical (unpaired) electrons. The van der Waals surface area contributed by atoms with Crippen molar-refractivity contribution in [3.8, 4) is 22.7 Å². The molecule has 2 amide bonds. The van der Waals surface area contributed by atoms with Gasteiger partial charge in [0.25, 0.3) is 5.91 Å². The summed E-state index contributed by atoms with van der Waals surface area (Å²) in [5, 5.41) is 10.9. The Hall–Kier alpha value is -4.50. The van der Waals surface area contributed by atoms with E-state index in [1.807, 2.05) is 60.7 Å². The van der Waals surface area contributed by atoms with Gasteiger partial charge < -0.3 is 15.4 Å². The van der Waals surface area contributed by atoms with Crippen molar-refractivity contribution in [3.05, 3.63) is 84.6 Å². The molecule has 2 heterocycles. The van der Waals surface area contributed by atoms with Crippen molar-refractivity contribution < 1.29 is 14.3 Å². The number of carbonyl (C=O) groups is 2. The molecule has 0 spiro atoms. The van der Waals surface area contributed by atoms with Crippen LogP contribution in [0.15, 0.2) is 79.0 Å². The topological polar surface area (TPSA) is 98.1 Å². The van der Waals surface area contributed by atoms with Gasteiger partial charge in [0.05, 0.1) is 28.6 Å². The van der Waals surface area contributed by atoms with Gasteiger partial charge in [-0.05, 0) is 42.5 Å². The SMILES string of the molecule is COc1ccccc1-c1nn(-c2ccccc2)cc1C(=O)Nc1ccc2nc(NC(C)=O)sc2c1. The third-order valence-electron chi connectivity index (χ3n) is 5.27. The fourth-order valence-electron chi connectivity index (χ4n) is 3.70. The number of carbonyl (C=O) groups excluding carboxylic acids is 2. The molecule has 35 heavy (non-hydrogen) atoms. The van der Waals surface area contributed by atoms with E-state index in [4.69, 9.17) is 9.84 Å². The number of aromatic nitrogens is 3. The minimum Gasteiger partial charge on any atom is -0.496 e. The summed E-state index contributed by atoms with van der Waals surface area (Å²) in [4.78, 5) is 29.2. The van der Waals surface area contributed by atoms with Gasteiger partial charge in [0, 0.05) is 24.4 Å². The molecule has 2 aromatic heterocycles. The van der Waals surface area contributed by atoms with Crippen LogP contribution in [-0.2, 0) is 4.79 Å². The van der Waals surface area contributed by atoms with Crippen LogP contribution in [-0.4, -0.2) is 33.7 Å². The number of fused-ring (bicyclic) bond motifs is 1. The first kappa shape index (κ1) is 22.3. The number of amides is 2. The Morgan fingerprint density at radius 2 is 1.74 bits per heavy atom. The fraction of sp³-hybridized carbons (Fsp3) is 0.0769. The largest absolute Gasteiger partial charge is 0.496 e. The zero-order valence-corrected chi connectivity index (χ0v) is 19.8. The third-order valence-corrected chi connectivity index (χ3v) is 6.20. The molecule has 0 aliphatic rings. The summed E-state index contributed by atoms with van der Waals surface area (Å²) in [5.74, 6) is 0.132. The van der Waals surface area contributed by atoms with Gasteiger partial charge in [-0.3, -0.25) is 9.59 Å². The van der Waals surface area contributed by atoms with Gasteiger partial charge in [0.2, 0.25) is 5.91 Å². The highest BCUT2D eigenvalue weighted by Gasteiger charge is 2.21. The van der Waals surface area contributed by atoms with Gasteiger partial charge in [0.1, 0.15) is 11.4 Å². The van der Waals surface area contributed by atoms with E-state index in [1.54, 1.807) is 30.1 Å². The van der Waals surface area contributed by atoms with E-state index in [0.29, 0.717) is 33.4 Å². The highest BCUT2D eigenvalue weighted by atomic mass is 32.1. The Morgan fingerprint density at radius 1 is 0.971 bits per heavy atom. The first-order chi connectivity index (χ1) is 17.0. The van der Waals surface area contributed by atoms with E-state index in [9.17, 15) is 9.59 Å². The van der Waals surface area contributed by atoms with Crippen LogP contribution in [0.25, 0.3) is 27.2 Å². The quantitative estimate of drug-likeness (QED) is 0.338. The van der Waals surface area contributed by atoms with Crippen LogP contribution in [0.4, 0.5) is 10.8 Å². The predicted octanol–water partition coefficient (Wildman–Crippen LogP) is 5.37. The summed E-state index contributed by atoms with van der Waals surface area (Å²) in [7, 11) is 1.59. The molecule has 0 aliphatic heterocycles. The Morgan fingerprint density at radius 3 is 2.51 bits per heavy atom. The first-order valence-corrected chi connectivity index (χ1v) is 11.6. The highest BCUT2D eigenvalue weighted by Crippen LogP contribution is 2.33. The summed E-state index contributed by atoms with van der Waals surface area (Å²) in [6, 6.07) is 22.5. The Kier molecular flexibility index (Phi) is 5.99. The molecule has 5 rings (SSSR count). The lowest BCUT2D eigenvalue weighted by Gasteiger charge is -2.08. The summed E-state index contributed by atoms with van der Waals surface area (Å²) < 4.78 is 8.06. The molecule has 9 heteroatoms. The van der Waals surface area contributed by atoms with Crippen molar-refractivity contribution in [2.24, 2.45) is 0 Å². The lowest BCUT2D eigenvalue weighted by molar-refractivity contribution is -0.114. The maximum absolute atomic E-state index is 13.5. The van der Waals surface area contributed by atoms with Crippen LogP contribution in [0.1, 0.15) is 17.3 Å². The molecule has 0 bridgehead atoms. The summed E-state index contributed by atoms with van der Waals surface area (Å²) in [6.07, 6.45) is 1.71. The smallest absolute Gasteiger partial charge is 0.259 e. The standard InChI is InChI=1S/C26H21N5O3S/c1-16(32)27-26-29-21-13-12-17(14-23(21)35-26)28-25(33)20-15-31(18-8-4-3-5-9-18)30-24(20)19-10-6-7-11-22(19)34-2/h3-15H,1-2H3,(H,28,33)(H,27,29,32). The van der Waals surface area contributed by atoms with E-state index in [-0.39, 0.29) is 11.8 Å². The van der Waals surface area contributed by atoms with E-state index in [1.165, 1.54) is 18.3 Å². The van der Waals surface area contributed by atoms with Crippen molar-refractivity contribution in [2.75, 3.05) is 17.7 Å². The van der Waals surface area contributed by atoms with E-state index >= 15 is 0 Å². The number of para-hydroxylation sites is 2. The average Bonchev–Trinajstić information content (AvgIpc) is 3.48. The number of ether oxygens (including phenoxy) is 1. The maximum atomic E-state index is 13.5. The number of thiazole rings is 1. The van der Waals surface area contributed by atoms with E-state index < -0.39 is 0 Å². The second-order valence-corrected chi connectivity index (χ2v) is 8.74. The highest BCUT2D eigenvalue weighted by molar-refractivity contribution is 7.22. The maximum Gasteiger partial charge on any atom is 0.259 e. The number of hydrogen-bond donors (Lipinski definition) is 2. The molecule has 0 atom stereocenters. The van der Waals surface area contributed by atoms with Gasteiger partial charge in [-0.2, -0.15) is 5.10 Å². The molecule has 0 unspecified atom stereocenters. The molecule has 3 aromatic carbocycles. The Bertz CT molecular complexity index is 1540. The summed E-state index contributed by atoms with van der Waals surface area (Å²) in [5.41, 5.74) is 3.81. The zero-order valence-electron chi connectivity index (χ0n) is 19.0. The third kappa shape index (κ3) is 4.62. The van der Waals surface area contributed by atoms with Crippen molar-refractivity contribution in [1.29, 1.82) is 0 Å². The number of methoxy groups -OCH3 is 1. The van der Waals surface area contributed by atoms with Crippen molar-refractivity contribution in [3.63, 3.8) is 0 Å². The molecule has 174 valence electrons. The molecule has 0 saturated heterocycles. The monoisotopic (exact) mass is 483 g/mol. The van der Waals surface area contributed by atoms with Crippen LogP contribution >= 0.6 is 11.3 Å². The molecular formula is C26H21N5O3S. The number of hydrogen-bond acceptors (Lipinski definition) is 6. The van der Waals surface area contributed by atoms with Gasteiger partial charge >= 0.3 is 0 Å². The van der Waals surface area contributed by atoms with Crippen molar-refractivity contribution in [1.82, 2.24) is 14.8 Å². The van der Waals surface area contributed by atoms with Gasteiger partial charge in [-0.25, -0.2) is 9.67 Å². The fourth-order valence-corrected chi connectivity index (χ4v) is 4.65. The number of anilines is 2. The molecule has 5 aromatic rings. The second kappa shape index (κ2) is 9.40. The molecule has 8 nitrogen and oxygen atoms in total. The van der Waals surface area contributed by atoms with Gasteiger partial charge in [-0.1, -0.05) is 41.7 Å². The lowest BCUT2D eigenvalue weighted by Crippen LogP contribution is -2.12. The van der Waals surface area contributed by atoms with Crippen LogP contribution in [0.2, 0.25) is 0 Å². The molecule has 2 N–H and O–H groups in total. The number of nitrogens with one attached hydrogen (secondary N) is 2. The normalized spacial score (nSPS) is 10.8. The second-order valence-electron chi connectivity index (χ2n) is 7.71. The predicted molar refractivity (Wildman–Crippen MR) is 137 cm³/mol. The minimum absolute atomic E-state index is 0.183. The lowest BCUT2D eigenvalue weighted by atomic mass is 10.1.